The van der Waals surface area contributed by atoms with Crippen molar-refractivity contribution < 1.29 is 9.90 Å². The number of amides is 1. The molecule has 2 rings (SSSR count). The van der Waals surface area contributed by atoms with E-state index in [2.05, 4.69) is 21.2 Å². The van der Waals surface area contributed by atoms with Gasteiger partial charge >= 0.3 is 0 Å². The van der Waals surface area contributed by atoms with E-state index in [0.29, 0.717) is 11.3 Å². The first-order chi connectivity index (χ1) is 6.11. The number of hydrogen-bond acceptors (Lipinski definition) is 2. The van der Waals surface area contributed by atoms with E-state index >= 15 is 0 Å². The molecule has 1 aromatic rings. The summed E-state index contributed by atoms with van der Waals surface area (Å²) in [5.41, 5.74) is 2.37. The van der Waals surface area contributed by atoms with E-state index in [9.17, 15) is 9.90 Å². The van der Waals surface area contributed by atoms with E-state index in [4.69, 9.17) is 0 Å². The van der Waals surface area contributed by atoms with Gasteiger partial charge in [-0.3, -0.25) is 4.79 Å². The van der Waals surface area contributed by atoms with Crippen LogP contribution < -0.4 is 5.32 Å². The molecular formula is C9H8BrNO2. The Labute approximate surface area is 83.9 Å². The maximum absolute atomic E-state index is 11.1. The number of anilines is 1. The second-order valence-corrected chi connectivity index (χ2v) is 3.85. The number of aliphatic hydroxyl groups excluding tert-OH is 1. The number of aryl methyl sites for hydroxylation is 1. The number of rotatable bonds is 0. The number of fused-ring (bicyclic) bond motifs is 1. The number of hydrogen-bond donors (Lipinski definition) is 2. The third-order valence-corrected chi connectivity index (χ3v) is 3.18. The van der Waals surface area contributed by atoms with Crippen LogP contribution in [0, 0.1) is 6.92 Å². The Kier molecular flexibility index (Phi) is 1.89. The number of benzene rings is 1. The molecule has 0 saturated carbocycles. The topological polar surface area (TPSA) is 49.3 Å². The molecule has 1 heterocycles. The zero-order valence-electron chi connectivity index (χ0n) is 6.97. The molecule has 0 radical (unpaired) electrons. The van der Waals surface area contributed by atoms with Crippen LogP contribution in [0.25, 0.3) is 0 Å². The van der Waals surface area contributed by atoms with Crippen LogP contribution in [-0.2, 0) is 4.79 Å². The van der Waals surface area contributed by atoms with Gasteiger partial charge < -0.3 is 10.4 Å². The van der Waals surface area contributed by atoms with Crippen molar-refractivity contribution in [3.8, 4) is 0 Å². The smallest absolute Gasteiger partial charge is 0.257 e. The minimum Gasteiger partial charge on any atom is -0.378 e. The van der Waals surface area contributed by atoms with Gasteiger partial charge in [0, 0.05) is 10.0 Å². The van der Waals surface area contributed by atoms with Gasteiger partial charge in [-0.25, -0.2) is 0 Å². The van der Waals surface area contributed by atoms with Crippen LogP contribution in [0.5, 0.6) is 0 Å². The van der Waals surface area contributed by atoms with Crippen molar-refractivity contribution in [3.63, 3.8) is 0 Å². The lowest BCUT2D eigenvalue weighted by Crippen LogP contribution is -2.10. The Morgan fingerprint density at radius 3 is 2.92 bits per heavy atom. The number of carbonyl (C=O) groups excluding carboxylic acids is 1. The highest BCUT2D eigenvalue weighted by atomic mass is 79.9. The van der Waals surface area contributed by atoms with Crippen molar-refractivity contribution in [1.29, 1.82) is 0 Å². The number of halogens is 1. The summed E-state index contributed by atoms with van der Waals surface area (Å²) < 4.78 is 0.843. The van der Waals surface area contributed by atoms with Crippen LogP contribution in [0.4, 0.5) is 5.69 Å². The minimum atomic E-state index is -1.02. The number of carbonyl (C=O) groups is 1. The molecule has 1 amide bonds. The van der Waals surface area contributed by atoms with Crippen LogP contribution in [0.1, 0.15) is 17.2 Å². The second kappa shape index (κ2) is 2.82. The highest BCUT2D eigenvalue weighted by Gasteiger charge is 2.30. The lowest BCUT2D eigenvalue weighted by atomic mass is 10.1. The average molecular weight is 242 g/mol. The molecule has 2 N–H and O–H groups in total. The van der Waals surface area contributed by atoms with Crippen LogP contribution in [-0.4, -0.2) is 11.0 Å². The Morgan fingerprint density at radius 1 is 1.54 bits per heavy atom. The molecule has 1 atom stereocenters. The zero-order chi connectivity index (χ0) is 9.59. The fourth-order valence-electron chi connectivity index (χ4n) is 1.38. The summed E-state index contributed by atoms with van der Waals surface area (Å²) in [5.74, 6) is -0.360. The van der Waals surface area contributed by atoms with E-state index in [1.54, 1.807) is 6.07 Å². The van der Waals surface area contributed by atoms with Gasteiger partial charge in [-0.15, -0.1) is 0 Å². The summed E-state index contributed by atoms with van der Waals surface area (Å²) in [6.45, 7) is 1.93. The first-order valence-corrected chi connectivity index (χ1v) is 4.68. The predicted molar refractivity (Wildman–Crippen MR) is 52.5 cm³/mol. The van der Waals surface area contributed by atoms with Crippen LogP contribution in [0.15, 0.2) is 16.6 Å². The monoisotopic (exact) mass is 241 g/mol. The number of nitrogens with one attached hydrogen (secondary N) is 1. The Hall–Kier alpha value is -0.870. The fraction of sp³-hybridized carbons (Fsp3) is 0.222. The van der Waals surface area contributed by atoms with Crippen molar-refractivity contribution in [2.75, 3.05) is 5.32 Å². The Bertz CT molecular complexity index is 389. The van der Waals surface area contributed by atoms with E-state index in [1.807, 2.05) is 13.0 Å². The molecule has 1 aliphatic heterocycles. The molecule has 0 fully saturated rings. The Morgan fingerprint density at radius 2 is 2.23 bits per heavy atom. The van der Waals surface area contributed by atoms with Crippen LogP contribution in [0.2, 0.25) is 0 Å². The maximum Gasteiger partial charge on any atom is 0.257 e. The number of aliphatic hydroxyl groups is 1. The largest absolute Gasteiger partial charge is 0.378 e. The van der Waals surface area contributed by atoms with E-state index in [-0.39, 0.29) is 5.91 Å². The molecule has 1 aromatic carbocycles. The van der Waals surface area contributed by atoms with Gasteiger partial charge in [0.15, 0.2) is 6.10 Å². The lowest BCUT2D eigenvalue weighted by molar-refractivity contribution is -0.123. The standard InChI is InChI=1S/C9H8BrNO2/c1-4-2-3-5-7(6(4)10)11-9(13)8(5)12/h2-3,8,12H,1H3,(H,11,13). The van der Waals surface area contributed by atoms with Crippen molar-refractivity contribution in [2.45, 2.75) is 13.0 Å². The summed E-state index contributed by atoms with van der Waals surface area (Å²) in [4.78, 5) is 11.1. The SMILES string of the molecule is Cc1ccc2c(c1Br)NC(=O)C2O. The molecule has 4 heteroatoms. The normalized spacial score (nSPS) is 19.9. The molecule has 0 spiro atoms. The molecule has 1 unspecified atom stereocenters. The highest BCUT2D eigenvalue weighted by molar-refractivity contribution is 9.10. The predicted octanol–water partition coefficient (Wildman–Crippen LogP) is 1.74. The minimum absolute atomic E-state index is 0.360. The summed E-state index contributed by atoms with van der Waals surface area (Å²) in [7, 11) is 0. The van der Waals surface area contributed by atoms with Gasteiger partial charge in [0.2, 0.25) is 0 Å². The Balaban J connectivity index is 2.64. The molecule has 0 bridgehead atoms. The molecule has 0 aliphatic carbocycles. The molecule has 0 saturated heterocycles. The fourth-order valence-corrected chi connectivity index (χ4v) is 1.84. The molecule has 1 aliphatic rings. The molecular weight excluding hydrogens is 234 g/mol. The van der Waals surface area contributed by atoms with Crippen molar-refractivity contribution >= 4 is 27.5 Å². The third kappa shape index (κ3) is 1.17. The molecule has 13 heavy (non-hydrogen) atoms. The third-order valence-electron chi connectivity index (χ3n) is 2.16. The second-order valence-electron chi connectivity index (χ2n) is 3.05. The van der Waals surface area contributed by atoms with Gasteiger partial charge in [-0.05, 0) is 28.4 Å². The maximum atomic E-state index is 11.1. The molecule has 68 valence electrons. The van der Waals surface area contributed by atoms with Gasteiger partial charge in [-0.1, -0.05) is 12.1 Å². The summed E-state index contributed by atoms with van der Waals surface area (Å²) in [6, 6.07) is 3.63. The van der Waals surface area contributed by atoms with Crippen molar-refractivity contribution in [2.24, 2.45) is 0 Å². The first kappa shape index (κ1) is 8.72. The van der Waals surface area contributed by atoms with Crippen LogP contribution >= 0.6 is 15.9 Å². The van der Waals surface area contributed by atoms with Crippen LogP contribution in [0.3, 0.4) is 0 Å². The summed E-state index contributed by atoms with van der Waals surface area (Å²) in [6.07, 6.45) is -1.02. The summed E-state index contributed by atoms with van der Waals surface area (Å²) in [5, 5.41) is 12.1. The highest BCUT2D eigenvalue weighted by Crippen LogP contribution is 2.38. The van der Waals surface area contributed by atoms with E-state index in [1.165, 1.54) is 0 Å². The van der Waals surface area contributed by atoms with E-state index < -0.39 is 6.10 Å². The quantitative estimate of drug-likeness (QED) is 0.728. The van der Waals surface area contributed by atoms with Gasteiger partial charge in [0.25, 0.3) is 5.91 Å². The average Bonchev–Trinajstić information content (AvgIpc) is 2.38. The van der Waals surface area contributed by atoms with Crippen molar-refractivity contribution in [3.05, 3.63) is 27.7 Å². The summed E-state index contributed by atoms with van der Waals surface area (Å²) >= 11 is 3.36. The lowest BCUT2D eigenvalue weighted by Gasteiger charge is -2.04. The van der Waals surface area contributed by atoms with Crippen molar-refractivity contribution in [1.82, 2.24) is 0 Å². The van der Waals surface area contributed by atoms with E-state index in [0.717, 1.165) is 10.0 Å². The van der Waals surface area contributed by atoms with Gasteiger partial charge in [0.1, 0.15) is 0 Å². The van der Waals surface area contributed by atoms with Gasteiger partial charge in [-0.2, -0.15) is 0 Å². The molecule has 0 aromatic heterocycles. The first-order valence-electron chi connectivity index (χ1n) is 3.89. The zero-order valence-corrected chi connectivity index (χ0v) is 8.55. The van der Waals surface area contributed by atoms with Gasteiger partial charge in [0.05, 0.1) is 5.69 Å². The molecule has 3 nitrogen and oxygen atoms in total.